The lowest BCUT2D eigenvalue weighted by Gasteiger charge is -2.46. The second-order valence-corrected chi connectivity index (χ2v) is 7.91. The number of hydrogen-bond acceptors (Lipinski definition) is 3. The van der Waals surface area contributed by atoms with E-state index in [1.54, 1.807) is 7.11 Å². The number of ether oxygens (including phenoxy) is 1. The zero-order valence-electron chi connectivity index (χ0n) is 16.2. The summed E-state index contributed by atoms with van der Waals surface area (Å²) in [5.41, 5.74) is 1.20. The van der Waals surface area contributed by atoms with Crippen LogP contribution in [-0.2, 0) is 5.60 Å². The van der Waals surface area contributed by atoms with Crippen molar-refractivity contribution in [3.8, 4) is 5.75 Å². The topological polar surface area (TPSA) is 32.7 Å². The lowest BCUT2D eigenvalue weighted by molar-refractivity contribution is -0.0838. The minimum Gasteiger partial charge on any atom is -0.497 e. The molecule has 5 heteroatoms. The molecule has 0 bridgehead atoms. The van der Waals surface area contributed by atoms with Gasteiger partial charge in [-0.1, -0.05) is 48.7 Å². The molecule has 1 fully saturated rings. The Labute approximate surface area is 173 Å². The third-order valence-electron chi connectivity index (χ3n) is 5.63. The highest BCUT2D eigenvalue weighted by molar-refractivity contribution is 6.30. The van der Waals surface area contributed by atoms with Crippen LogP contribution in [0.25, 0.3) is 0 Å². The fourth-order valence-electron chi connectivity index (χ4n) is 4.43. The molecule has 1 aliphatic rings. The van der Waals surface area contributed by atoms with Gasteiger partial charge in [0.1, 0.15) is 5.75 Å². The molecular formula is C22H29Cl2NO2. The van der Waals surface area contributed by atoms with Crippen LogP contribution >= 0.6 is 24.0 Å². The molecule has 3 atom stereocenters. The van der Waals surface area contributed by atoms with E-state index in [4.69, 9.17) is 16.3 Å². The highest BCUT2D eigenvalue weighted by Gasteiger charge is 2.45. The van der Waals surface area contributed by atoms with Crippen molar-refractivity contribution < 1.29 is 9.84 Å². The Morgan fingerprint density at radius 1 is 1.15 bits per heavy atom. The number of hydrogen-bond donors (Lipinski definition) is 1. The fourth-order valence-corrected chi connectivity index (χ4v) is 4.62. The first-order chi connectivity index (χ1) is 12.5. The van der Waals surface area contributed by atoms with Crippen LogP contribution in [-0.4, -0.2) is 31.2 Å². The normalized spacial score (nSPS) is 23.6. The molecule has 0 heterocycles. The molecular weight excluding hydrogens is 381 g/mol. The number of halogens is 2. The third kappa shape index (κ3) is 4.60. The summed E-state index contributed by atoms with van der Waals surface area (Å²) in [5, 5.41) is 12.5. The van der Waals surface area contributed by atoms with Crippen LogP contribution in [0.3, 0.4) is 0 Å². The first-order valence-electron chi connectivity index (χ1n) is 9.24. The van der Waals surface area contributed by atoms with Crippen LogP contribution in [0.4, 0.5) is 0 Å². The van der Waals surface area contributed by atoms with E-state index < -0.39 is 5.60 Å². The largest absolute Gasteiger partial charge is 0.497 e. The molecule has 0 radical (unpaired) electrons. The molecule has 27 heavy (non-hydrogen) atoms. The summed E-state index contributed by atoms with van der Waals surface area (Å²) in [6, 6.07) is 16.0. The number of methoxy groups -OCH3 is 1. The Balaban J connectivity index is 0.00000261. The van der Waals surface area contributed by atoms with Crippen molar-refractivity contribution >= 4 is 24.0 Å². The molecule has 0 aromatic heterocycles. The van der Waals surface area contributed by atoms with E-state index in [2.05, 4.69) is 31.1 Å². The van der Waals surface area contributed by atoms with Gasteiger partial charge in [-0.3, -0.25) is 0 Å². The van der Waals surface area contributed by atoms with Crippen LogP contribution < -0.4 is 4.74 Å². The van der Waals surface area contributed by atoms with Crippen LogP contribution in [0.1, 0.15) is 42.9 Å². The van der Waals surface area contributed by atoms with Gasteiger partial charge in [0.05, 0.1) is 12.7 Å². The molecule has 0 amide bonds. The minimum absolute atomic E-state index is 0. The minimum atomic E-state index is -0.888. The Kier molecular flexibility index (Phi) is 7.58. The van der Waals surface area contributed by atoms with Gasteiger partial charge in [-0.25, -0.2) is 0 Å². The monoisotopic (exact) mass is 409 g/mol. The van der Waals surface area contributed by atoms with Crippen molar-refractivity contribution in [2.75, 3.05) is 21.2 Å². The third-order valence-corrected chi connectivity index (χ3v) is 5.87. The number of benzene rings is 2. The lowest BCUT2D eigenvalue weighted by Crippen LogP contribution is -2.45. The van der Waals surface area contributed by atoms with Gasteiger partial charge in [-0.15, -0.1) is 12.4 Å². The molecule has 0 spiro atoms. The van der Waals surface area contributed by atoms with Crippen LogP contribution in [0.15, 0.2) is 48.5 Å². The number of nitrogens with zero attached hydrogens (tertiary/aromatic N) is 1. The van der Waals surface area contributed by atoms with Crippen molar-refractivity contribution in [2.45, 2.75) is 37.3 Å². The van der Waals surface area contributed by atoms with E-state index in [1.807, 2.05) is 36.4 Å². The summed E-state index contributed by atoms with van der Waals surface area (Å²) in [6.45, 7) is 0. The average molecular weight is 410 g/mol. The molecule has 1 N–H and O–H groups in total. The second kappa shape index (κ2) is 9.29. The summed E-state index contributed by atoms with van der Waals surface area (Å²) in [6.07, 6.45) is 3.88. The Bertz CT molecular complexity index is 753. The second-order valence-electron chi connectivity index (χ2n) is 7.47. The molecule has 3 nitrogen and oxygen atoms in total. The predicted octanol–water partition coefficient (Wildman–Crippen LogP) is 5.45. The van der Waals surface area contributed by atoms with Crippen molar-refractivity contribution in [3.05, 3.63) is 64.7 Å². The van der Waals surface area contributed by atoms with E-state index in [0.717, 1.165) is 37.0 Å². The highest BCUT2D eigenvalue weighted by Crippen LogP contribution is 2.49. The summed E-state index contributed by atoms with van der Waals surface area (Å²) in [4.78, 5) is 2.21. The van der Waals surface area contributed by atoms with Gasteiger partial charge in [0.25, 0.3) is 0 Å². The first-order valence-corrected chi connectivity index (χ1v) is 9.62. The summed E-state index contributed by atoms with van der Waals surface area (Å²) in [7, 11) is 5.85. The van der Waals surface area contributed by atoms with Crippen molar-refractivity contribution in [1.29, 1.82) is 0 Å². The summed E-state index contributed by atoms with van der Waals surface area (Å²) < 4.78 is 5.43. The van der Waals surface area contributed by atoms with Gasteiger partial charge >= 0.3 is 0 Å². The summed E-state index contributed by atoms with van der Waals surface area (Å²) >= 11 is 6.23. The standard InChI is InChI=1S/C22H28ClNO2.ClH/c1-24(2)21(16-8-6-11-19(14-16)26-3)20-12-4-5-13-22(20,25)17-9-7-10-18(23)15-17;/h6-11,14-15,20-21,25H,4-5,12-13H2,1-3H3;1H. The zero-order valence-corrected chi connectivity index (χ0v) is 17.8. The Hall–Kier alpha value is -1.26. The predicted molar refractivity (Wildman–Crippen MR) is 114 cm³/mol. The SMILES string of the molecule is COc1cccc(C(C2CCCCC2(O)c2cccc(Cl)c2)N(C)C)c1.Cl. The van der Waals surface area contributed by atoms with Crippen LogP contribution in [0.5, 0.6) is 5.75 Å². The Morgan fingerprint density at radius 2 is 1.89 bits per heavy atom. The van der Waals surface area contributed by atoms with Crippen LogP contribution in [0, 0.1) is 5.92 Å². The van der Waals surface area contributed by atoms with Gasteiger partial charge in [0.2, 0.25) is 0 Å². The maximum atomic E-state index is 11.8. The van der Waals surface area contributed by atoms with E-state index in [-0.39, 0.29) is 24.4 Å². The molecule has 3 rings (SSSR count). The van der Waals surface area contributed by atoms with Crippen LogP contribution in [0.2, 0.25) is 5.02 Å². The molecule has 1 aliphatic carbocycles. The molecule has 2 aromatic carbocycles. The van der Waals surface area contributed by atoms with Crippen molar-refractivity contribution in [2.24, 2.45) is 5.92 Å². The molecule has 1 saturated carbocycles. The van der Waals surface area contributed by atoms with E-state index >= 15 is 0 Å². The smallest absolute Gasteiger partial charge is 0.119 e. The first kappa shape index (κ1) is 22.0. The van der Waals surface area contributed by atoms with Crippen molar-refractivity contribution in [3.63, 3.8) is 0 Å². The maximum Gasteiger partial charge on any atom is 0.119 e. The fraction of sp³-hybridized carbons (Fsp3) is 0.455. The van der Waals surface area contributed by atoms with Gasteiger partial charge in [-0.2, -0.15) is 0 Å². The van der Waals surface area contributed by atoms with Gasteiger partial charge in [0.15, 0.2) is 0 Å². The van der Waals surface area contributed by atoms with Gasteiger partial charge < -0.3 is 14.7 Å². The zero-order chi connectivity index (χ0) is 18.7. The van der Waals surface area contributed by atoms with Gasteiger partial charge in [0, 0.05) is 17.0 Å². The molecule has 0 saturated heterocycles. The van der Waals surface area contributed by atoms with E-state index in [9.17, 15) is 5.11 Å². The quantitative estimate of drug-likeness (QED) is 0.712. The van der Waals surface area contributed by atoms with Crippen molar-refractivity contribution in [1.82, 2.24) is 4.90 Å². The molecule has 0 aliphatic heterocycles. The van der Waals surface area contributed by atoms with E-state index in [0.29, 0.717) is 5.02 Å². The maximum absolute atomic E-state index is 11.8. The summed E-state index contributed by atoms with van der Waals surface area (Å²) in [5.74, 6) is 0.924. The Morgan fingerprint density at radius 3 is 2.56 bits per heavy atom. The molecule has 3 unspecified atom stereocenters. The highest BCUT2D eigenvalue weighted by atomic mass is 35.5. The number of aliphatic hydroxyl groups is 1. The number of rotatable bonds is 5. The van der Waals surface area contributed by atoms with Gasteiger partial charge in [-0.05, 0) is 62.3 Å². The van der Waals surface area contributed by atoms with E-state index in [1.165, 1.54) is 5.56 Å². The molecule has 2 aromatic rings. The molecule has 148 valence electrons. The lowest BCUT2D eigenvalue weighted by atomic mass is 9.67. The average Bonchev–Trinajstić information content (AvgIpc) is 2.63.